The first kappa shape index (κ1) is 16.7. The Kier molecular flexibility index (Phi) is 6.43. The first-order chi connectivity index (χ1) is 7.34. The van der Waals surface area contributed by atoms with Crippen LogP contribution in [0.25, 0.3) is 0 Å². The van der Waals surface area contributed by atoms with Crippen molar-refractivity contribution in [2.24, 2.45) is 5.73 Å². The van der Waals surface area contributed by atoms with Crippen LogP contribution in [-0.2, 0) is 6.18 Å². The summed E-state index contributed by atoms with van der Waals surface area (Å²) in [6.45, 7) is -0.658. The molecule has 98 valence electrons. The lowest BCUT2D eigenvalue weighted by atomic mass is 10.0. The third-order valence-corrected chi connectivity index (χ3v) is 2.55. The van der Waals surface area contributed by atoms with Crippen molar-refractivity contribution in [3.8, 4) is 0 Å². The minimum absolute atomic E-state index is 0. The monoisotopic (exact) mass is 335 g/mol. The number of alkyl halides is 4. The Morgan fingerprint density at radius 2 is 1.82 bits per heavy atom. The maximum atomic E-state index is 12.5. The molecule has 7 heteroatoms. The summed E-state index contributed by atoms with van der Waals surface area (Å²) in [5.74, 6) is 0. The highest BCUT2D eigenvalue weighted by Gasteiger charge is 2.31. The molecule has 0 unspecified atom stereocenters. The molecule has 0 saturated heterocycles. The molecule has 1 nitrogen and oxygen atoms in total. The Bertz CT molecular complexity index is 370. The summed E-state index contributed by atoms with van der Waals surface area (Å²) in [7, 11) is 0. The maximum absolute atomic E-state index is 12.5. The van der Waals surface area contributed by atoms with Gasteiger partial charge in [-0.3, -0.25) is 4.39 Å². The van der Waals surface area contributed by atoms with E-state index >= 15 is 0 Å². The number of hydrogen-bond acceptors (Lipinski definition) is 1. The molecular formula is C10H11BrClF4N. The van der Waals surface area contributed by atoms with Gasteiger partial charge in [-0.25, -0.2) is 0 Å². The van der Waals surface area contributed by atoms with Crippen LogP contribution >= 0.6 is 28.3 Å². The van der Waals surface area contributed by atoms with Crippen LogP contribution in [0.2, 0.25) is 0 Å². The van der Waals surface area contributed by atoms with Gasteiger partial charge in [-0.05, 0) is 30.2 Å². The number of halogens is 6. The van der Waals surface area contributed by atoms with Gasteiger partial charge in [-0.15, -0.1) is 12.4 Å². The van der Waals surface area contributed by atoms with E-state index in [0.717, 1.165) is 12.1 Å². The van der Waals surface area contributed by atoms with Crippen LogP contribution in [-0.4, -0.2) is 6.67 Å². The molecule has 0 radical (unpaired) electrons. The molecule has 0 spiro atoms. The molecule has 0 aliphatic carbocycles. The fourth-order valence-corrected chi connectivity index (χ4v) is 1.79. The van der Waals surface area contributed by atoms with Crippen molar-refractivity contribution in [1.29, 1.82) is 0 Å². The molecule has 0 fully saturated rings. The summed E-state index contributed by atoms with van der Waals surface area (Å²) < 4.78 is 49.7. The highest BCUT2D eigenvalue weighted by atomic mass is 79.9. The third-order valence-electron chi connectivity index (χ3n) is 2.10. The van der Waals surface area contributed by atoms with Gasteiger partial charge in [0.15, 0.2) is 0 Å². The van der Waals surface area contributed by atoms with Gasteiger partial charge in [-0.1, -0.05) is 15.9 Å². The smallest absolute Gasteiger partial charge is 0.324 e. The van der Waals surface area contributed by atoms with E-state index in [9.17, 15) is 17.6 Å². The first-order valence-electron chi connectivity index (χ1n) is 4.54. The maximum Gasteiger partial charge on any atom is 0.416 e. The Morgan fingerprint density at radius 3 is 2.29 bits per heavy atom. The fraction of sp³-hybridized carbons (Fsp3) is 0.400. The van der Waals surface area contributed by atoms with Crippen LogP contribution < -0.4 is 5.73 Å². The zero-order valence-electron chi connectivity index (χ0n) is 8.60. The van der Waals surface area contributed by atoms with Crippen molar-refractivity contribution >= 4 is 28.3 Å². The highest BCUT2D eigenvalue weighted by Crippen LogP contribution is 2.33. The lowest BCUT2D eigenvalue weighted by Crippen LogP contribution is -2.13. The molecule has 2 N–H and O–H groups in total. The van der Waals surface area contributed by atoms with Crippen LogP contribution in [0.3, 0.4) is 0 Å². The van der Waals surface area contributed by atoms with E-state index in [1.54, 1.807) is 0 Å². The summed E-state index contributed by atoms with van der Waals surface area (Å²) in [5.41, 5.74) is 5.05. The summed E-state index contributed by atoms with van der Waals surface area (Å²) in [5, 5.41) is 0. The zero-order valence-corrected chi connectivity index (χ0v) is 11.0. The topological polar surface area (TPSA) is 26.0 Å². The van der Waals surface area contributed by atoms with Gasteiger partial charge in [0.05, 0.1) is 12.2 Å². The van der Waals surface area contributed by atoms with E-state index in [-0.39, 0.29) is 28.9 Å². The van der Waals surface area contributed by atoms with E-state index in [4.69, 9.17) is 5.73 Å². The third kappa shape index (κ3) is 4.81. The zero-order chi connectivity index (χ0) is 12.3. The predicted molar refractivity (Wildman–Crippen MR) is 63.9 cm³/mol. The van der Waals surface area contributed by atoms with E-state index in [0.29, 0.717) is 0 Å². The fourth-order valence-electron chi connectivity index (χ4n) is 1.27. The number of nitrogens with two attached hydrogens (primary N) is 1. The molecule has 0 aliphatic rings. The molecule has 1 rings (SSSR count). The molecule has 1 atom stereocenters. The largest absolute Gasteiger partial charge is 0.416 e. The van der Waals surface area contributed by atoms with Gasteiger partial charge in [-0.2, -0.15) is 13.2 Å². The average molecular weight is 337 g/mol. The second-order valence-electron chi connectivity index (χ2n) is 3.36. The van der Waals surface area contributed by atoms with Gasteiger partial charge in [0.1, 0.15) is 0 Å². The predicted octanol–water partition coefficient (Wildman–Crippen LogP) is 4.25. The lowest BCUT2D eigenvalue weighted by molar-refractivity contribution is -0.137. The molecule has 0 aromatic heterocycles. The summed E-state index contributed by atoms with van der Waals surface area (Å²) in [6, 6.07) is 2.66. The Morgan fingerprint density at radius 1 is 1.24 bits per heavy atom. The molecule has 17 heavy (non-hydrogen) atoms. The van der Waals surface area contributed by atoms with Crippen LogP contribution in [0.15, 0.2) is 22.7 Å². The van der Waals surface area contributed by atoms with Crippen molar-refractivity contribution in [3.63, 3.8) is 0 Å². The molecular weight excluding hydrogens is 325 g/mol. The Hall–Kier alpha value is -0.330. The summed E-state index contributed by atoms with van der Waals surface area (Å²) >= 11 is 2.98. The van der Waals surface area contributed by atoms with Gasteiger partial charge < -0.3 is 5.73 Å². The van der Waals surface area contributed by atoms with E-state index in [1.807, 2.05) is 0 Å². The second-order valence-corrected chi connectivity index (χ2v) is 4.27. The summed E-state index contributed by atoms with van der Waals surface area (Å²) in [6.07, 6.45) is -4.41. The minimum Gasteiger partial charge on any atom is -0.324 e. The van der Waals surface area contributed by atoms with Gasteiger partial charge in [0, 0.05) is 10.5 Å². The molecule has 0 bridgehead atoms. The molecule has 1 aromatic rings. The highest BCUT2D eigenvalue weighted by molar-refractivity contribution is 9.10. The van der Waals surface area contributed by atoms with Crippen molar-refractivity contribution < 1.29 is 17.6 Å². The molecule has 0 amide bonds. The Labute approximate surface area is 111 Å². The number of rotatable bonds is 3. The standard InChI is InChI=1S/C10H10BrF4N.ClH/c11-8-4-6(9(16)1-2-12)3-7(5-8)10(13,14)15;/h3-5,9H,1-2,16H2;1H/t9-;/m0./s1. The average Bonchev–Trinajstić information content (AvgIpc) is 2.16. The van der Waals surface area contributed by atoms with Crippen LogP contribution in [0.5, 0.6) is 0 Å². The van der Waals surface area contributed by atoms with Gasteiger partial charge in [0.2, 0.25) is 0 Å². The summed E-state index contributed by atoms with van der Waals surface area (Å²) in [4.78, 5) is 0. The SMILES string of the molecule is Cl.N[C@@H](CCF)c1cc(Br)cc(C(F)(F)F)c1. The van der Waals surface area contributed by atoms with E-state index < -0.39 is 24.5 Å². The molecule has 0 saturated carbocycles. The van der Waals surface area contributed by atoms with E-state index in [1.165, 1.54) is 6.07 Å². The first-order valence-corrected chi connectivity index (χ1v) is 5.33. The van der Waals surface area contributed by atoms with Gasteiger partial charge >= 0.3 is 6.18 Å². The Balaban J connectivity index is 0.00000256. The quantitative estimate of drug-likeness (QED) is 0.821. The van der Waals surface area contributed by atoms with Crippen LogP contribution in [0.1, 0.15) is 23.6 Å². The lowest BCUT2D eigenvalue weighted by Gasteiger charge is -2.14. The van der Waals surface area contributed by atoms with Crippen molar-refractivity contribution in [3.05, 3.63) is 33.8 Å². The van der Waals surface area contributed by atoms with Crippen LogP contribution in [0.4, 0.5) is 17.6 Å². The minimum atomic E-state index is -4.42. The van der Waals surface area contributed by atoms with Crippen LogP contribution in [0, 0.1) is 0 Å². The molecule has 0 heterocycles. The second kappa shape index (κ2) is 6.56. The van der Waals surface area contributed by atoms with Crippen molar-refractivity contribution in [2.45, 2.75) is 18.6 Å². The number of benzene rings is 1. The molecule has 1 aromatic carbocycles. The molecule has 0 aliphatic heterocycles. The number of hydrogen-bond donors (Lipinski definition) is 1. The van der Waals surface area contributed by atoms with Gasteiger partial charge in [0.25, 0.3) is 0 Å². The van der Waals surface area contributed by atoms with E-state index in [2.05, 4.69) is 15.9 Å². The van der Waals surface area contributed by atoms with Crippen molar-refractivity contribution in [2.75, 3.05) is 6.67 Å². The van der Waals surface area contributed by atoms with Crippen molar-refractivity contribution in [1.82, 2.24) is 0 Å². The normalized spacial score (nSPS) is 13.1.